The van der Waals surface area contributed by atoms with E-state index in [4.69, 9.17) is 0 Å². The molecule has 0 radical (unpaired) electrons. The summed E-state index contributed by atoms with van der Waals surface area (Å²) in [5, 5.41) is 3.97. The van der Waals surface area contributed by atoms with Crippen molar-refractivity contribution in [2.24, 2.45) is 5.41 Å². The van der Waals surface area contributed by atoms with Gasteiger partial charge in [-0.2, -0.15) is 0 Å². The summed E-state index contributed by atoms with van der Waals surface area (Å²) in [5.74, 6) is 0.507. The normalized spacial score (nSPS) is 11.7. The zero-order valence-electron chi connectivity index (χ0n) is 12.3. The lowest BCUT2D eigenvalue weighted by molar-refractivity contribution is 0.0936. The molecule has 0 unspecified atom stereocenters. The van der Waals surface area contributed by atoms with Crippen LogP contribution in [0.4, 0.5) is 0 Å². The van der Waals surface area contributed by atoms with Gasteiger partial charge in [-0.05, 0) is 35.4 Å². The van der Waals surface area contributed by atoms with Crippen LogP contribution in [0.25, 0.3) is 0 Å². The Morgan fingerprint density at radius 3 is 2.32 bits per heavy atom. The highest BCUT2D eigenvalue weighted by atomic mass is 79.9. The number of hydrogen-bond donors (Lipinski definition) is 1. The Morgan fingerprint density at radius 2 is 1.84 bits per heavy atom. The third-order valence-corrected chi connectivity index (χ3v) is 3.73. The average Bonchev–Trinajstić information content (AvgIpc) is 2.36. The molecule has 1 aromatic carbocycles. The predicted octanol–water partition coefficient (Wildman–Crippen LogP) is 4.35. The zero-order chi connectivity index (χ0) is 14.5. The number of halogens is 1. The number of nitrogens with one attached hydrogen (secondary N) is 1. The average molecular weight is 326 g/mol. The lowest BCUT2D eigenvalue weighted by atomic mass is 9.90. The van der Waals surface area contributed by atoms with Gasteiger partial charge in [0.15, 0.2) is 0 Å². The second-order valence-electron chi connectivity index (χ2n) is 6.06. The summed E-state index contributed by atoms with van der Waals surface area (Å²) < 4.78 is 0. The number of benzene rings is 1. The molecule has 0 heterocycles. The molecule has 3 heteroatoms. The van der Waals surface area contributed by atoms with Gasteiger partial charge in [0, 0.05) is 17.4 Å². The quantitative estimate of drug-likeness (QED) is 0.774. The van der Waals surface area contributed by atoms with E-state index in [1.54, 1.807) is 0 Å². The van der Waals surface area contributed by atoms with Crippen LogP contribution in [0.5, 0.6) is 0 Å². The van der Waals surface area contributed by atoms with Crippen molar-refractivity contribution in [3.8, 4) is 0 Å². The van der Waals surface area contributed by atoms with Gasteiger partial charge in [0.1, 0.15) is 0 Å². The number of amides is 1. The summed E-state index contributed by atoms with van der Waals surface area (Å²) in [6.45, 7) is 9.33. The van der Waals surface area contributed by atoms with E-state index in [-0.39, 0.29) is 11.3 Å². The molecule has 0 bridgehead atoms. The van der Waals surface area contributed by atoms with Crippen molar-refractivity contribution in [2.45, 2.75) is 40.0 Å². The van der Waals surface area contributed by atoms with E-state index in [1.165, 1.54) is 5.56 Å². The SMILES string of the molecule is CC(C)c1ccc(C(=O)NCC(C)(C)CCBr)cc1. The zero-order valence-corrected chi connectivity index (χ0v) is 13.9. The fourth-order valence-corrected chi connectivity index (χ4v) is 2.86. The van der Waals surface area contributed by atoms with Crippen molar-refractivity contribution >= 4 is 21.8 Å². The maximum absolute atomic E-state index is 12.1. The molecule has 0 fully saturated rings. The Hall–Kier alpha value is -0.830. The van der Waals surface area contributed by atoms with Crippen LogP contribution in [0, 0.1) is 5.41 Å². The first-order valence-electron chi connectivity index (χ1n) is 6.80. The van der Waals surface area contributed by atoms with Crippen LogP contribution in [0.1, 0.15) is 56.0 Å². The molecule has 1 aromatic rings. The number of carbonyl (C=O) groups excluding carboxylic acids is 1. The first kappa shape index (κ1) is 16.2. The van der Waals surface area contributed by atoms with Crippen LogP contribution in [-0.2, 0) is 0 Å². The fraction of sp³-hybridized carbons (Fsp3) is 0.562. The Morgan fingerprint density at radius 1 is 1.26 bits per heavy atom. The molecule has 19 heavy (non-hydrogen) atoms. The minimum absolute atomic E-state index is 0.0120. The number of carbonyl (C=O) groups is 1. The maximum Gasteiger partial charge on any atom is 0.251 e. The van der Waals surface area contributed by atoms with E-state index in [9.17, 15) is 4.79 Å². The van der Waals surface area contributed by atoms with Gasteiger partial charge in [-0.15, -0.1) is 0 Å². The Balaban J connectivity index is 2.59. The largest absolute Gasteiger partial charge is 0.352 e. The molecule has 0 atom stereocenters. The molecule has 1 rings (SSSR count). The van der Waals surface area contributed by atoms with Crippen LogP contribution >= 0.6 is 15.9 Å². The van der Waals surface area contributed by atoms with Gasteiger partial charge in [0.25, 0.3) is 5.91 Å². The van der Waals surface area contributed by atoms with Crippen molar-refractivity contribution in [1.82, 2.24) is 5.32 Å². The summed E-state index contributed by atoms with van der Waals surface area (Å²) in [7, 11) is 0. The first-order valence-corrected chi connectivity index (χ1v) is 7.92. The Labute approximate surface area is 125 Å². The third kappa shape index (κ3) is 5.35. The molecule has 1 N–H and O–H groups in total. The number of alkyl halides is 1. The molecule has 0 saturated heterocycles. The summed E-state index contributed by atoms with van der Waals surface area (Å²) in [5.41, 5.74) is 2.12. The predicted molar refractivity (Wildman–Crippen MR) is 85.1 cm³/mol. The second-order valence-corrected chi connectivity index (χ2v) is 6.86. The molecule has 2 nitrogen and oxygen atoms in total. The summed E-state index contributed by atoms with van der Waals surface area (Å²) in [4.78, 5) is 12.1. The van der Waals surface area contributed by atoms with Crippen molar-refractivity contribution < 1.29 is 4.79 Å². The van der Waals surface area contributed by atoms with Crippen LogP contribution < -0.4 is 5.32 Å². The number of hydrogen-bond acceptors (Lipinski definition) is 1. The smallest absolute Gasteiger partial charge is 0.251 e. The minimum Gasteiger partial charge on any atom is -0.352 e. The summed E-state index contributed by atoms with van der Waals surface area (Å²) in [6.07, 6.45) is 1.04. The molecule has 0 aromatic heterocycles. The standard InChI is InChI=1S/C16H24BrNO/c1-12(2)13-5-7-14(8-6-13)15(19)18-11-16(3,4)9-10-17/h5-8,12H,9-11H2,1-4H3,(H,18,19). The van der Waals surface area contributed by atoms with E-state index in [1.807, 2.05) is 24.3 Å². The summed E-state index contributed by atoms with van der Waals surface area (Å²) >= 11 is 3.45. The van der Waals surface area contributed by atoms with Crippen LogP contribution in [0.3, 0.4) is 0 Å². The van der Waals surface area contributed by atoms with Gasteiger partial charge in [0.05, 0.1) is 0 Å². The van der Waals surface area contributed by atoms with Gasteiger partial charge in [-0.25, -0.2) is 0 Å². The van der Waals surface area contributed by atoms with E-state index in [2.05, 4.69) is 48.9 Å². The van der Waals surface area contributed by atoms with E-state index < -0.39 is 0 Å². The monoisotopic (exact) mass is 325 g/mol. The van der Waals surface area contributed by atoms with Crippen molar-refractivity contribution in [3.63, 3.8) is 0 Å². The minimum atomic E-state index is 0.0120. The highest BCUT2D eigenvalue weighted by Crippen LogP contribution is 2.20. The Kier molecular flexibility index (Phi) is 6.05. The van der Waals surface area contributed by atoms with Crippen LogP contribution in [-0.4, -0.2) is 17.8 Å². The molecule has 106 valence electrons. The lowest BCUT2D eigenvalue weighted by Crippen LogP contribution is -2.34. The van der Waals surface area contributed by atoms with Gasteiger partial charge in [0.2, 0.25) is 0 Å². The topological polar surface area (TPSA) is 29.1 Å². The second kappa shape index (κ2) is 7.09. The highest BCUT2D eigenvalue weighted by Gasteiger charge is 2.18. The molecule has 0 aliphatic heterocycles. The van der Waals surface area contributed by atoms with E-state index in [0.717, 1.165) is 17.3 Å². The van der Waals surface area contributed by atoms with E-state index in [0.29, 0.717) is 12.5 Å². The maximum atomic E-state index is 12.1. The van der Waals surface area contributed by atoms with E-state index >= 15 is 0 Å². The molecule has 0 aliphatic rings. The van der Waals surface area contributed by atoms with Gasteiger partial charge >= 0.3 is 0 Å². The van der Waals surface area contributed by atoms with Crippen molar-refractivity contribution in [2.75, 3.05) is 11.9 Å². The lowest BCUT2D eigenvalue weighted by Gasteiger charge is -2.23. The van der Waals surface area contributed by atoms with Crippen molar-refractivity contribution in [1.29, 1.82) is 0 Å². The molecule has 1 amide bonds. The molecule has 0 spiro atoms. The van der Waals surface area contributed by atoms with Gasteiger partial charge < -0.3 is 5.32 Å². The molecule has 0 aliphatic carbocycles. The molecular formula is C16H24BrNO. The highest BCUT2D eigenvalue weighted by molar-refractivity contribution is 9.09. The third-order valence-electron chi connectivity index (χ3n) is 3.34. The Bertz CT molecular complexity index is 409. The molecule has 0 saturated carbocycles. The van der Waals surface area contributed by atoms with Crippen LogP contribution in [0.15, 0.2) is 24.3 Å². The van der Waals surface area contributed by atoms with Crippen LogP contribution in [0.2, 0.25) is 0 Å². The molecular weight excluding hydrogens is 302 g/mol. The van der Waals surface area contributed by atoms with Gasteiger partial charge in [-0.3, -0.25) is 4.79 Å². The number of rotatable bonds is 6. The first-order chi connectivity index (χ1) is 8.85. The van der Waals surface area contributed by atoms with Crippen molar-refractivity contribution in [3.05, 3.63) is 35.4 Å². The fourth-order valence-electron chi connectivity index (χ4n) is 1.79. The van der Waals surface area contributed by atoms with Gasteiger partial charge in [-0.1, -0.05) is 55.8 Å². The summed E-state index contributed by atoms with van der Waals surface area (Å²) in [6, 6.07) is 7.87.